The quantitative estimate of drug-likeness (QED) is 0.784. The van der Waals surface area contributed by atoms with Gasteiger partial charge in [0, 0.05) is 10.6 Å². The molecule has 0 saturated heterocycles. The molecule has 3 N–H and O–H groups in total. The van der Waals surface area contributed by atoms with Gasteiger partial charge in [0.2, 0.25) is 0 Å². The molecule has 0 aliphatic rings. The number of furan rings is 1. The highest BCUT2D eigenvalue weighted by Crippen LogP contribution is 2.27. The van der Waals surface area contributed by atoms with Crippen LogP contribution in [0.4, 0.5) is 0 Å². The minimum absolute atomic E-state index is 0.122. The molecule has 0 fully saturated rings. The van der Waals surface area contributed by atoms with Crippen LogP contribution in [0.1, 0.15) is 17.4 Å². The van der Waals surface area contributed by atoms with Crippen molar-refractivity contribution >= 4 is 17.6 Å². The lowest BCUT2D eigenvalue weighted by Gasteiger charge is -2.15. The van der Waals surface area contributed by atoms with Crippen LogP contribution in [0, 0.1) is 0 Å². The molecule has 0 bridgehead atoms. The predicted molar refractivity (Wildman–Crippen MR) is 69.0 cm³/mol. The molecule has 2 rings (SSSR count). The monoisotopic (exact) mass is 281 g/mol. The molecule has 1 unspecified atom stereocenters. The van der Waals surface area contributed by atoms with Crippen LogP contribution < -0.4 is 5.32 Å². The standard InChI is InChI=1S/C13H12ClNO4/c14-8-3-4-11(16)10(6-8)12(13(17)18)15-7-9-2-1-5-19-9/h1-6,12,15-16H,7H2,(H,17,18). The van der Waals surface area contributed by atoms with Gasteiger partial charge in [0.05, 0.1) is 12.8 Å². The summed E-state index contributed by atoms with van der Waals surface area (Å²) in [6.07, 6.45) is 1.50. The summed E-state index contributed by atoms with van der Waals surface area (Å²) in [6.45, 7) is 0.232. The van der Waals surface area contributed by atoms with Crippen molar-refractivity contribution in [1.29, 1.82) is 0 Å². The Labute approximate surface area is 114 Å². The highest BCUT2D eigenvalue weighted by molar-refractivity contribution is 6.30. The van der Waals surface area contributed by atoms with E-state index in [0.717, 1.165) is 0 Å². The van der Waals surface area contributed by atoms with Crippen LogP contribution in [-0.4, -0.2) is 16.2 Å². The number of phenols is 1. The van der Waals surface area contributed by atoms with Gasteiger partial charge in [-0.25, -0.2) is 0 Å². The lowest BCUT2D eigenvalue weighted by Crippen LogP contribution is -2.28. The third kappa shape index (κ3) is 3.27. The predicted octanol–water partition coefficient (Wildman–Crippen LogP) is 2.55. The number of carboxylic acid groups (broad SMARTS) is 1. The average Bonchev–Trinajstić information content (AvgIpc) is 2.86. The van der Waals surface area contributed by atoms with Crippen LogP contribution in [-0.2, 0) is 11.3 Å². The van der Waals surface area contributed by atoms with Crippen molar-refractivity contribution in [3.05, 3.63) is 52.9 Å². The largest absolute Gasteiger partial charge is 0.508 e. The molecule has 0 aliphatic heterocycles. The Bertz CT molecular complexity index is 568. The summed E-state index contributed by atoms with van der Waals surface area (Å²) in [7, 11) is 0. The van der Waals surface area contributed by atoms with Gasteiger partial charge in [-0.2, -0.15) is 0 Å². The van der Waals surface area contributed by atoms with Crippen molar-refractivity contribution in [2.45, 2.75) is 12.6 Å². The Morgan fingerprint density at radius 2 is 2.21 bits per heavy atom. The van der Waals surface area contributed by atoms with E-state index in [1.54, 1.807) is 12.1 Å². The van der Waals surface area contributed by atoms with Gasteiger partial charge in [0.15, 0.2) is 0 Å². The molecule has 6 heteroatoms. The number of hydrogen-bond acceptors (Lipinski definition) is 4. The zero-order valence-corrected chi connectivity index (χ0v) is 10.6. The number of nitrogens with one attached hydrogen (secondary N) is 1. The van der Waals surface area contributed by atoms with Crippen LogP contribution >= 0.6 is 11.6 Å². The van der Waals surface area contributed by atoms with E-state index in [9.17, 15) is 15.0 Å². The van der Waals surface area contributed by atoms with Crippen LogP contribution in [0.5, 0.6) is 5.75 Å². The van der Waals surface area contributed by atoms with E-state index in [2.05, 4.69) is 5.32 Å². The van der Waals surface area contributed by atoms with Crippen molar-refractivity contribution < 1.29 is 19.4 Å². The first kappa shape index (κ1) is 13.5. The van der Waals surface area contributed by atoms with Crippen LogP contribution in [0.3, 0.4) is 0 Å². The zero-order chi connectivity index (χ0) is 13.8. The maximum absolute atomic E-state index is 11.3. The highest BCUT2D eigenvalue weighted by Gasteiger charge is 2.23. The lowest BCUT2D eigenvalue weighted by atomic mass is 10.1. The third-order valence-electron chi connectivity index (χ3n) is 2.61. The van der Waals surface area contributed by atoms with Crippen LogP contribution in [0.15, 0.2) is 41.0 Å². The maximum atomic E-state index is 11.3. The number of aliphatic carboxylic acids is 1. The molecule has 5 nitrogen and oxygen atoms in total. The Morgan fingerprint density at radius 1 is 1.42 bits per heavy atom. The van der Waals surface area contributed by atoms with E-state index >= 15 is 0 Å². The smallest absolute Gasteiger partial charge is 0.325 e. The van der Waals surface area contributed by atoms with Gasteiger partial charge >= 0.3 is 5.97 Å². The van der Waals surface area contributed by atoms with Crippen LogP contribution in [0.2, 0.25) is 5.02 Å². The molecule has 2 aromatic rings. The second kappa shape index (κ2) is 5.77. The second-order valence-electron chi connectivity index (χ2n) is 3.93. The average molecular weight is 282 g/mol. The minimum atomic E-state index is -1.11. The summed E-state index contributed by atoms with van der Waals surface area (Å²) >= 11 is 5.81. The fraction of sp³-hybridized carbons (Fsp3) is 0.154. The fourth-order valence-corrected chi connectivity index (χ4v) is 1.88. The molecule has 0 amide bonds. The summed E-state index contributed by atoms with van der Waals surface area (Å²) in [6, 6.07) is 6.65. The maximum Gasteiger partial charge on any atom is 0.325 e. The SMILES string of the molecule is O=C(O)C(NCc1ccco1)c1cc(Cl)ccc1O. The molecule has 1 heterocycles. The third-order valence-corrected chi connectivity index (χ3v) is 2.84. The first-order valence-electron chi connectivity index (χ1n) is 5.55. The Kier molecular flexibility index (Phi) is 4.09. The van der Waals surface area contributed by atoms with Crippen LogP contribution in [0.25, 0.3) is 0 Å². The molecule has 100 valence electrons. The van der Waals surface area contributed by atoms with Crippen molar-refractivity contribution in [3.63, 3.8) is 0 Å². The lowest BCUT2D eigenvalue weighted by molar-refractivity contribution is -0.139. The Morgan fingerprint density at radius 3 is 2.84 bits per heavy atom. The number of benzene rings is 1. The molecule has 19 heavy (non-hydrogen) atoms. The van der Waals surface area contributed by atoms with Gasteiger partial charge in [-0.1, -0.05) is 11.6 Å². The van der Waals surface area contributed by atoms with E-state index in [0.29, 0.717) is 10.8 Å². The van der Waals surface area contributed by atoms with Crippen molar-refractivity contribution in [3.8, 4) is 5.75 Å². The summed E-state index contributed by atoms with van der Waals surface area (Å²) in [5.41, 5.74) is 0.214. The van der Waals surface area contributed by atoms with E-state index in [-0.39, 0.29) is 17.9 Å². The summed E-state index contributed by atoms with van der Waals surface area (Å²) in [5.74, 6) is -0.624. The first-order chi connectivity index (χ1) is 9.08. The number of rotatable bonds is 5. The van der Waals surface area contributed by atoms with Gasteiger partial charge in [-0.3, -0.25) is 10.1 Å². The van der Waals surface area contributed by atoms with E-state index in [1.807, 2.05) is 0 Å². The molecule has 1 aromatic heterocycles. The van der Waals surface area contributed by atoms with Gasteiger partial charge in [-0.15, -0.1) is 0 Å². The molecule has 0 spiro atoms. The fourth-order valence-electron chi connectivity index (χ4n) is 1.70. The highest BCUT2D eigenvalue weighted by atomic mass is 35.5. The Balaban J connectivity index is 2.20. The molecule has 0 saturated carbocycles. The van der Waals surface area contributed by atoms with E-state index in [4.69, 9.17) is 16.0 Å². The molecule has 1 aromatic carbocycles. The number of hydrogen-bond donors (Lipinski definition) is 3. The van der Waals surface area contributed by atoms with Gasteiger partial charge in [-0.05, 0) is 30.3 Å². The van der Waals surface area contributed by atoms with Crippen molar-refractivity contribution in [2.24, 2.45) is 0 Å². The van der Waals surface area contributed by atoms with Gasteiger partial charge in [0.1, 0.15) is 17.6 Å². The van der Waals surface area contributed by atoms with Crippen molar-refractivity contribution in [2.75, 3.05) is 0 Å². The zero-order valence-electron chi connectivity index (χ0n) is 9.84. The molecule has 0 radical (unpaired) electrons. The molecular formula is C13H12ClNO4. The van der Waals surface area contributed by atoms with Crippen molar-refractivity contribution in [1.82, 2.24) is 5.32 Å². The number of aromatic hydroxyl groups is 1. The summed E-state index contributed by atoms with van der Waals surface area (Å²) in [5, 5.41) is 22.1. The van der Waals surface area contributed by atoms with E-state index < -0.39 is 12.0 Å². The van der Waals surface area contributed by atoms with Gasteiger partial charge < -0.3 is 14.6 Å². The molecular weight excluding hydrogens is 270 g/mol. The molecule has 0 aliphatic carbocycles. The first-order valence-corrected chi connectivity index (χ1v) is 5.92. The van der Waals surface area contributed by atoms with Gasteiger partial charge in [0.25, 0.3) is 0 Å². The second-order valence-corrected chi connectivity index (χ2v) is 4.37. The normalized spacial score (nSPS) is 12.3. The summed E-state index contributed by atoms with van der Waals surface area (Å²) < 4.78 is 5.11. The molecule has 1 atom stereocenters. The summed E-state index contributed by atoms with van der Waals surface area (Å²) in [4.78, 5) is 11.3. The number of halogens is 1. The van der Waals surface area contributed by atoms with E-state index in [1.165, 1.54) is 24.5 Å². The Hall–Kier alpha value is -1.98. The number of carboxylic acids is 1. The minimum Gasteiger partial charge on any atom is -0.508 e. The number of phenolic OH excluding ortho intramolecular Hbond substituents is 1. The topological polar surface area (TPSA) is 82.7 Å². The number of carbonyl (C=O) groups is 1.